The molecule has 0 radical (unpaired) electrons. The molecule has 0 aliphatic heterocycles. The second kappa shape index (κ2) is 4.28. The van der Waals surface area contributed by atoms with E-state index in [9.17, 15) is 0 Å². The van der Waals surface area contributed by atoms with Gasteiger partial charge in [0.25, 0.3) is 0 Å². The number of aryl methyl sites for hydroxylation is 1. The summed E-state index contributed by atoms with van der Waals surface area (Å²) in [5.41, 5.74) is 8.70. The van der Waals surface area contributed by atoms with Gasteiger partial charge >= 0.3 is 0 Å². The van der Waals surface area contributed by atoms with Crippen LogP contribution in [-0.4, -0.2) is 19.2 Å². The Bertz CT molecular complexity index is 347. The minimum atomic E-state index is 0.290. The van der Waals surface area contributed by atoms with Crippen LogP contribution in [0.25, 0.3) is 0 Å². The van der Waals surface area contributed by atoms with Gasteiger partial charge in [0.05, 0.1) is 0 Å². The molecule has 4 heteroatoms. The van der Waals surface area contributed by atoms with Crippen molar-refractivity contribution in [2.45, 2.75) is 6.92 Å². The van der Waals surface area contributed by atoms with Crippen LogP contribution in [0.5, 0.6) is 0 Å². The smallest absolute Gasteiger partial charge is 0.168 e. The van der Waals surface area contributed by atoms with E-state index in [1.807, 2.05) is 32.3 Å². The molecule has 0 aliphatic rings. The molecule has 1 rings (SSSR count). The Labute approximate surface area is 89.9 Å². The predicted molar refractivity (Wildman–Crippen MR) is 65.9 cm³/mol. The highest BCUT2D eigenvalue weighted by atomic mass is 32.1. The number of hydrogen-bond donors (Lipinski definition) is 2. The lowest BCUT2D eigenvalue weighted by Crippen LogP contribution is -2.19. The fourth-order valence-corrected chi connectivity index (χ4v) is 1.43. The van der Waals surface area contributed by atoms with Gasteiger partial charge in [-0.1, -0.05) is 6.07 Å². The zero-order chi connectivity index (χ0) is 10.7. The van der Waals surface area contributed by atoms with Crippen LogP contribution in [-0.2, 0) is 0 Å². The van der Waals surface area contributed by atoms with Gasteiger partial charge < -0.3 is 16.0 Å². The van der Waals surface area contributed by atoms with E-state index in [2.05, 4.69) is 17.1 Å². The van der Waals surface area contributed by atoms with Crippen molar-refractivity contribution >= 4 is 28.7 Å². The Morgan fingerprint density at radius 3 is 2.57 bits per heavy atom. The molecule has 0 atom stereocenters. The van der Waals surface area contributed by atoms with E-state index < -0.39 is 0 Å². The number of benzene rings is 1. The van der Waals surface area contributed by atoms with Crippen LogP contribution in [0.2, 0.25) is 0 Å². The summed E-state index contributed by atoms with van der Waals surface area (Å²) in [6.07, 6.45) is 0. The summed E-state index contributed by atoms with van der Waals surface area (Å²) in [6.45, 7) is 2.07. The van der Waals surface area contributed by atoms with Crippen molar-refractivity contribution in [3.05, 3.63) is 23.8 Å². The summed E-state index contributed by atoms with van der Waals surface area (Å²) in [5, 5.41) is 3.20. The van der Waals surface area contributed by atoms with Crippen molar-refractivity contribution < 1.29 is 0 Å². The van der Waals surface area contributed by atoms with Gasteiger partial charge in [-0.15, -0.1) is 0 Å². The normalized spacial score (nSPS) is 9.64. The van der Waals surface area contributed by atoms with Gasteiger partial charge in [-0.2, -0.15) is 0 Å². The van der Waals surface area contributed by atoms with Gasteiger partial charge in [-0.3, -0.25) is 0 Å². The predicted octanol–water partition coefficient (Wildman–Crippen LogP) is 1.72. The summed E-state index contributed by atoms with van der Waals surface area (Å²) >= 11 is 4.77. The molecule has 14 heavy (non-hydrogen) atoms. The molecule has 0 saturated heterocycles. The highest BCUT2D eigenvalue weighted by Gasteiger charge is 2.02. The number of thiocarbonyl (C=S) groups is 1. The molecule has 3 N–H and O–H groups in total. The zero-order valence-corrected chi connectivity index (χ0v) is 9.48. The van der Waals surface area contributed by atoms with Crippen LogP contribution in [0.4, 0.5) is 11.4 Å². The number of hydrogen-bond acceptors (Lipinski definition) is 2. The molecular weight excluding hydrogens is 194 g/mol. The molecule has 0 amide bonds. The zero-order valence-electron chi connectivity index (χ0n) is 8.66. The van der Waals surface area contributed by atoms with Crippen molar-refractivity contribution in [3.8, 4) is 0 Å². The summed E-state index contributed by atoms with van der Waals surface area (Å²) in [5.74, 6) is 0. The summed E-state index contributed by atoms with van der Waals surface area (Å²) in [7, 11) is 4.01. The van der Waals surface area contributed by atoms with Crippen molar-refractivity contribution in [1.82, 2.24) is 0 Å². The van der Waals surface area contributed by atoms with Gasteiger partial charge in [0.15, 0.2) is 5.11 Å². The Hall–Kier alpha value is -1.29. The van der Waals surface area contributed by atoms with Crippen LogP contribution in [0.1, 0.15) is 5.56 Å². The third-order valence-corrected chi connectivity index (χ3v) is 2.06. The third kappa shape index (κ3) is 2.60. The fraction of sp³-hybridized carbons (Fsp3) is 0.300. The highest BCUT2D eigenvalue weighted by molar-refractivity contribution is 7.80. The molecule has 0 bridgehead atoms. The average molecular weight is 209 g/mol. The molecule has 76 valence electrons. The Morgan fingerprint density at radius 1 is 1.43 bits per heavy atom. The van der Waals surface area contributed by atoms with Crippen molar-refractivity contribution in [2.75, 3.05) is 24.3 Å². The monoisotopic (exact) mass is 209 g/mol. The summed E-state index contributed by atoms with van der Waals surface area (Å²) in [4.78, 5) is 2.06. The van der Waals surface area contributed by atoms with Crippen LogP contribution >= 0.6 is 12.2 Å². The standard InChI is InChI=1S/C10H15N3S/c1-7-4-5-8(12-10(11)14)6-9(7)13(2)3/h4-6H,1-3H3,(H3,11,12,14). The molecule has 0 heterocycles. The van der Waals surface area contributed by atoms with Crippen LogP contribution in [0, 0.1) is 6.92 Å². The number of nitrogens with zero attached hydrogens (tertiary/aromatic N) is 1. The Kier molecular flexibility index (Phi) is 3.30. The lowest BCUT2D eigenvalue weighted by atomic mass is 10.1. The molecule has 0 spiro atoms. The van der Waals surface area contributed by atoms with Gasteiger partial charge in [0.2, 0.25) is 0 Å². The number of nitrogens with two attached hydrogens (primary N) is 1. The second-order valence-electron chi connectivity index (χ2n) is 3.38. The van der Waals surface area contributed by atoms with Crippen molar-refractivity contribution in [3.63, 3.8) is 0 Å². The van der Waals surface area contributed by atoms with E-state index in [1.165, 1.54) is 5.56 Å². The van der Waals surface area contributed by atoms with E-state index in [-0.39, 0.29) is 0 Å². The first-order valence-electron chi connectivity index (χ1n) is 4.35. The number of rotatable bonds is 2. The van der Waals surface area contributed by atoms with Crippen LogP contribution in [0.15, 0.2) is 18.2 Å². The Morgan fingerprint density at radius 2 is 2.07 bits per heavy atom. The Balaban J connectivity index is 3.00. The molecule has 0 aliphatic carbocycles. The lowest BCUT2D eigenvalue weighted by molar-refractivity contribution is 1.11. The first kappa shape index (κ1) is 10.8. The second-order valence-corrected chi connectivity index (χ2v) is 3.82. The van der Waals surface area contributed by atoms with E-state index in [4.69, 9.17) is 18.0 Å². The van der Waals surface area contributed by atoms with Crippen LogP contribution < -0.4 is 16.0 Å². The fourth-order valence-electron chi connectivity index (χ4n) is 1.31. The molecular formula is C10H15N3S. The van der Waals surface area contributed by atoms with Gasteiger partial charge in [0, 0.05) is 25.5 Å². The maximum Gasteiger partial charge on any atom is 0.168 e. The highest BCUT2D eigenvalue weighted by Crippen LogP contribution is 2.22. The maximum absolute atomic E-state index is 5.40. The van der Waals surface area contributed by atoms with Gasteiger partial charge in [-0.25, -0.2) is 0 Å². The third-order valence-electron chi connectivity index (χ3n) is 1.96. The minimum absolute atomic E-state index is 0.290. The minimum Gasteiger partial charge on any atom is -0.377 e. The molecule has 1 aromatic rings. The molecule has 0 saturated carbocycles. The lowest BCUT2D eigenvalue weighted by Gasteiger charge is -2.17. The quantitative estimate of drug-likeness (QED) is 0.728. The molecule has 0 unspecified atom stereocenters. The van der Waals surface area contributed by atoms with Crippen molar-refractivity contribution in [2.24, 2.45) is 5.73 Å². The first-order valence-corrected chi connectivity index (χ1v) is 4.76. The van der Waals surface area contributed by atoms with Gasteiger partial charge in [-0.05, 0) is 36.8 Å². The van der Waals surface area contributed by atoms with Crippen molar-refractivity contribution in [1.29, 1.82) is 0 Å². The van der Waals surface area contributed by atoms with Gasteiger partial charge in [0.1, 0.15) is 0 Å². The average Bonchev–Trinajstić information content (AvgIpc) is 2.07. The van der Waals surface area contributed by atoms with E-state index >= 15 is 0 Å². The van der Waals surface area contributed by atoms with Crippen LogP contribution in [0.3, 0.4) is 0 Å². The molecule has 3 nitrogen and oxygen atoms in total. The molecule has 1 aromatic carbocycles. The summed E-state index contributed by atoms with van der Waals surface area (Å²) in [6, 6.07) is 6.02. The van der Waals surface area contributed by atoms with E-state index in [0.717, 1.165) is 11.4 Å². The first-order chi connectivity index (χ1) is 6.50. The van der Waals surface area contributed by atoms with E-state index in [1.54, 1.807) is 0 Å². The largest absolute Gasteiger partial charge is 0.377 e. The SMILES string of the molecule is Cc1ccc(NC(N)=S)cc1N(C)C. The topological polar surface area (TPSA) is 41.3 Å². The molecule has 0 aromatic heterocycles. The number of anilines is 2. The van der Waals surface area contributed by atoms with E-state index in [0.29, 0.717) is 5.11 Å². The summed E-state index contributed by atoms with van der Waals surface area (Å²) < 4.78 is 0. The number of nitrogens with one attached hydrogen (secondary N) is 1. The maximum atomic E-state index is 5.40. The molecule has 0 fully saturated rings.